The molecule has 1 aromatic carbocycles. The second kappa shape index (κ2) is 6.07. The van der Waals surface area contributed by atoms with Crippen molar-refractivity contribution in [2.45, 2.75) is 11.1 Å². The summed E-state index contributed by atoms with van der Waals surface area (Å²) in [5.41, 5.74) is 1.75. The average molecular weight is 278 g/mol. The summed E-state index contributed by atoms with van der Waals surface area (Å²) in [6.45, 7) is 1.98. The second-order valence-electron chi connectivity index (χ2n) is 3.85. The number of methoxy groups -OCH3 is 1. The number of Topliss-reactive ketones (excluding diaryl/α,β-unsaturated/α-hetero) is 1. The van der Waals surface area contributed by atoms with Crippen LogP contribution in [0.3, 0.4) is 0 Å². The number of carbonyl (C=O) groups is 1. The van der Waals surface area contributed by atoms with Gasteiger partial charge in [0.1, 0.15) is 5.75 Å². The molecular formula is C14H14O2S2. The highest BCUT2D eigenvalue weighted by Crippen LogP contribution is 2.26. The monoisotopic (exact) mass is 278 g/mol. The van der Waals surface area contributed by atoms with Gasteiger partial charge in [0, 0.05) is 0 Å². The Balaban J connectivity index is 2.09. The second-order valence-corrected chi connectivity index (χ2v) is 6.07. The van der Waals surface area contributed by atoms with Crippen LogP contribution in [0.2, 0.25) is 0 Å². The smallest absolute Gasteiger partial charge is 0.176 e. The summed E-state index contributed by atoms with van der Waals surface area (Å²) < 4.78 is 6.42. The van der Waals surface area contributed by atoms with Gasteiger partial charge >= 0.3 is 0 Å². The maximum absolute atomic E-state index is 12.1. The molecule has 4 heteroatoms. The molecular weight excluding hydrogens is 264 g/mol. The van der Waals surface area contributed by atoms with Crippen molar-refractivity contribution in [1.29, 1.82) is 0 Å². The lowest BCUT2D eigenvalue weighted by Gasteiger charge is -2.08. The summed E-state index contributed by atoms with van der Waals surface area (Å²) in [6, 6.07) is 9.68. The molecule has 0 aliphatic heterocycles. The fraction of sp³-hybridized carbons (Fsp3) is 0.214. The maximum atomic E-state index is 12.1. The Morgan fingerprint density at radius 1 is 1.39 bits per heavy atom. The zero-order chi connectivity index (χ0) is 13.0. The number of aryl methyl sites for hydroxylation is 1. The van der Waals surface area contributed by atoms with Gasteiger partial charge in [-0.1, -0.05) is 12.1 Å². The first-order valence-corrected chi connectivity index (χ1v) is 7.41. The van der Waals surface area contributed by atoms with Crippen molar-refractivity contribution in [3.8, 4) is 5.75 Å². The van der Waals surface area contributed by atoms with E-state index in [0.29, 0.717) is 17.1 Å². The van der Waals surface area contributed by atoms with E-state index < -0.39 is 0 Å². The molecule has 94 valence electrons. The molecule has 0 fully saturated rings. The Morgan fingerprint density at radius 2 is 2.22 bits per heavy atom. The number of ketones is 1. The molecule has 0 bridgehead atoms. The molecule has 0 spiro atoms. The highest BCUT2D eigenvalue weighted by molar-refractivity contribution is 8.01. The van der Waals surface area contributed by atoms with E-state index in [1.807, 2.05) is 42.6 Å². The third-order valence-corrected chi connectivity index (χ3v) is 4.63. The first kappa shape index (κ1) is 13.2. The third-order valence-electron chi connectivity index (χ3n) is 2.50. The molecule has 1 heterocycles. The topological polar surface area (TPSA) is 26.3 Å². The molecule has 1 aromatic heterocycles. The number of thioether (sulfide) groups is 1. The molecule has 2 rings (SSSR count). The molecule has 0 aliphatic rings. The Hall–Kier alpha value is -1.26. The van der Waals surface area contributed by atoms with Crippen LogP contribution in [0, 0.1) is 6.92 Å². The Kier molecular flexibility index (Phi) is 4.44. The van der Waals surface area contributed by atoms with Crippen molar-refractivity contribution in [2.24, 2.45) is 0 Å². The first-order chi connectivity index (χ1) is 8.70. The van der Waals surface area contributed by atoms with Gasteiger partial charge in [0.15, 0.2) is 5.78 Å². The molecule has 0 aliphatic carbocycles. The number of hydrogen-bond acceptors (Lipinski definition) is 4. The minimum absolute atomic E-state index is 0.102. The van der Waals surface area contributed by atoms with Crippen LogP contribution in [0.15, 0.2) is 39.9 Å². The van der Waals surface area contributed by atoms with Crippen molar-refractivity contribution < 1.29 is 9.53 Å². The van der Waals surface area contributed by atoms with Crippen LogP contribution in [0.4, 0.5) is 0 Å². The minimum atomic E-state index is 0.102. The van der Waals surface area contributed by atoms with E-state index in [4.69, 9.17) is 4.74 Å². The molecule has 2 nitrogen and oxygen atoms in total. The summed E-state index contributed by atoms with van der Waals surface area (Å²) in [5.74, 6) is 1.21. The zero-order valence-corrected chi connectivity index (χ0v) is 11.9. The van der Waals surface area contributed by atoms with E-state index in [1.165, 1.54) is 0 Å². The van der Waals surface area contributed by atoms with E-state index in [9.17, 15) is 4.79 Å². The summed E-state index contributed by atoms with van der Waals surface area (Å²) in [5, 5.41) is 2.01. The predicted octanol–water partition coefficient (Wildman–Crippen LogP) is 4.04. The Labute approximate surface area is 115 Å². The predicted molar refractivity (Wildman–Crippen MR) is 77.1 cm³/mol. The van der Waals surface area contributed by atoms with Gasteiger partial charge in [-0.15, -0.1) is 23.1 Å². The molecule has 0 radical (unpaired) electrons. The van der Waals surface area contributed by atoms with Crippen LogP contribution in [0.1, 0.15) is 15.9 Å². The van der Waals surface area contributed by atoms with Gasteiger partial charge < -0.3 is 4.74 Å². The largest absolute Gasteiger partial charge is 0.496 e. The summed E-state index contributed by atoms with van der Waals surface area (Å²) in [7, 11) is 1.60. The standard InChI is InChI=1S/C14H14O2S2/c1-10-5-6-11(13(8-10)16-2)12(15)9-18-14-4-3-7-17-14/h3-8H,9H2,1-2H3. The number of rotatable bonds is 5. The van der Waals surface area contributed by atoms with Gasteiger partial charge in [-0.25, -0.2) is 0 Å². The third kappa shape index (κ3) is 3.15. The fourth-order valence-corrected chi connectivity index (χ4v) is 3.26. The maximum Gasteiger partial charge on any atom is 0.176 e. The number of hydrogen-bond donors (Lipinski definition) is 0. The summed E-state index contributed by atoms with van der Waals surface area (Å²) in [6.07, 6.45) is 0. The summed E-state index contributed by atoms with van der Waals surface area (Å²) in [4.78, 5) is 12.1. The lowest BCUT2D eigenvalue weighted by Crippen LogP contribution is -2.05. The van der Waals surface area contributed by atoms with Gasteiger partial charge in [-0.3, -0.25) is 4.79 Å². The molecule has 0 saturated carbocycles. The van der Waals surface area contributed by atoms with E-state index in [1.54, 1.807) is 30.2 Å². The average Bonchev–Trinajstić information content (AvgIpc) is 2.88. The fourth-order valence-electron chi connectivity index (χ4n) is 1.59. The lowest BCUT2D eigenvalue weighted by molar-refractivity contribution is 0.101. The highest BCUT2D eigenvalue weighted by atomic mass is 32.2. The molecule has 0 N–H and O–H groups in total. The van der Waals surface area contributed by atoms with Crippen LogP contribution in [-0.2, 0) is 0 Å². The van der Waals surface area contributed by atoms with Gasteiger partial charge in [0.25, 0.3) is 0 Å². The van der Waals surface area contributed by atoms with Crippen LogP contribution >= 0.6 is 23.1 Å². The number of benzene rings is 1. The Bertz CT molecular complexity index is 533. The van der Waals surface area contributed by atoms with E-state index >= 15 is 0 Å². The highest BCUT2D eigenvalue weighted by Gasteiger charge is 2.12. The minimum Gasteiger partial charge on any atom is -0.496 e. The van der Waals surface area contributed by atoms with Crippen molar-refractivity contribution in [1.82, 2.24) is 0 Å². The molecule has 0 atom stereocenters. The van der Waals surface area contributed by atoms with Crippen molar-refractivity contribution >= 4 is 28.9 Å². The van der Waals surface area contributed by atoms with Crippen molar-refractivity contribution in [2.75, 3.05) is 12.9 Å². The van der Waals surface area contributed by atoms with Gasteiger partial charge in [-0.05, 0) is 36.1 Å². The van der Waals surface area contributed by atoms with Crippen molar-refractivity contribution in [3.05, 3.63) is 46.8 Å². The molecule has 0 saturated heterocycles. The molecule has 0 unspecified atom stereocenters. The SMILES string of the molecule is COc1cc(C)ccc1C(=O)CSc1cccs1. The van der Waals surface area contributed by atoms with Gasteiger partial charge in [-0.2, -0.15) is 0 Å². The molecule has 18 heavy (non-hydrogen) atoms. The normalized spacial score (nSPS) is 10.3. The van der Waals surface area contributed by atoms with Crippen LogP contribution in [0.5, 0.6) is 5.75 Å². The van der Waals surface area contributed by atoms with Crippen molar-refractivity contribution in [3.63, 3.8) is 0 Å². The van der Waals surface area contributed by atoms with Crippen LogP contribution in [0.25, 0.3) is 0 Å². The zero-order valence-electron chi connectivity index (χ0n) is 10.3. The van der Waals surface area contributed by atoms with Gasteiger partial charge in [0.05, 0.1) is 22.6 Å². The quantitative estimate of drug-likeness (QED) is 0.610. The van der Waals surface area contributed by atoms with Crippen LogP contribution in [-0.4, -0.2) is 18.6 Å². The number of ether oxygens (including phenoxy) is 1. The molecule has 0 amide bonds. The number of carbonyl (C=O) groups excluding carboxylic acids is 1. The van der Waals surface area contributed by atoms with Gasteiger partial charge in [0.2, 0.25) is 0 Å². The Morgan fingerprint density at radius 3 is 2.89 bits per heavy atom. The van der Waals surface area contributed by atoms with Crippen LogP contribution < -0.4 is 4.74 Å². The first-order valence-electron chi connectivity index (χ1n) is 5.55. The lowest BCUT2D eigenvalue weighted by atomic mass is 10.1. The van der Waals surface area contributed by atoms with E-state index in [2.05, 4.69) is 0 Å². The summed E-state index contributed by atoms with van der Waals surface area (Å²) >= 11 is 3.22. The van der Waals surface area contributed by atoms with E-state index in [0.717, 1.165) is 9.77 Å². The molecule has 2 aromatic rings. The number of thiophene rings is 1. The van der Waals surface area contributed by atoms with E-state index in [-0.39, 0.29) is 5.78 Å².